The molecular weight excluding hydrogens is 156 g/mol. The second-order valence-electron chi connectivity index (χ2n) is 3.38. The fourth-order valence-electron chi connectivity index (χ4n) is 0.898. The minimum atomic E-state index is 0.404. The van der Waals surface area contributed by atoms with Crippen LogP contribution >= 0.6 is 12.2 Å². The Bertz CT molecular complexity index is 123. The summed E-state index contributed by atoms with van der Waals surface area (Å²) in [6, 6.07) is 0.412. The molecule has 1 atom stereocenters. The lowest BCUT2D eigenvalue weighted by Gasteiger charge is -2.14. The molecule has 0 aliphatic carbocycles. The monoisotopic (exact) mass is 174 g/mol. The van der Waals surface area contributed by atoms with Crippen molar-refractivity contribution in [1.82, 2.24) is 5.32 Å². The highest BCUT2D eigenvalue weighted by Crippen LogP contribution is 2.05. The van der Waals surface area contributed by atoms with Gasteiger partial charge in [-0.05, 0) is 37.9 Å². The first-order chi connectivity index (χ1) is 5.02. The standard InChI is InChI=1S/C8H18N2S/c1-6(2)4-5-7(3)10-8(9)11/h6-7H,4-5H2,1-3H3,(H3,9,10,11). The van der Waals surface area contributed by atoms with Crippen LogP contribution < -0.4 is 11.1 Å². The average Bonchev–Trinajstić information content (AvgIpc) is 1.82. The van der Waals surface area contributed by atoms with Gasteiger partial charge in [0, 0.05) is 6.04 Å². The van der Waals surface area contributed by atoms with Crippen LogP contribution in [0.4, 0.5) is 0 Å². The molecule has 0 heterocycles. The Labute approximate surface area is 74.5 Å². The molecule has 0 rings (SSSR count). The highest BCUT2D eigenvalue weighted by atomic mass is 32.1. The van der Waals surface area contributed by atoms with Crippen molar-refractivity contribution < 1.29 is 0 Å². The molecule has 66 valence electrons. The number of rotatable bonds is 4. The number of hydrogen-bond acceptors (Lipinski definition) is 1. The molecule has 11 heavy (non-hydrogen) atoms. The van der Waals surface area contributed by atoms with Crippen molar-refractivity contribution in [3.63, 3.8) is 0 Å². The maximum absolute atomic E-state index is 5.32. The molecule has 1 unspecified atom stereocenters. The SMILES string of the molecule is CC(C)CCC(C)NC(N)=S. The third-order valence-electron chi connectivity index (χ3n) is 1.57. The van der Waals surface area contributed by atoms with Crippen LogP contribution in [0.15, 0.2) is 0 Å². The number of nitrogens with one attached hydrogen (secondary N) is 1. The zero-order valence-electron chi connectivity index (χ0n) is 7.55. The number of thiocarbonyl (C=S) groups is 1. The van der Waals surface area contributed by atoms with E-state index in [2.05, 4.69) is 26.1 Å². The van der Waals surface area contributed by atoms with Crippen LogP contribution in [0.3, 0.4) is 0 Å². The van der Waals surface area contributed by atoms with Crippen molar-refractivity contribution in [3.8, 4) is 0 Å². The van der Waals surface area contributed by atoms with Gasteiger partial charge in [0.1, 0.15) is 0 Å². The van der Waals surface area contributed by atoms with Crippen molar-refractivity contribution in [3.05, 3.63) is 0 Å². The molecule has 3 N–H and O–H groups in total. The van der Waals surface area contributed by atoms with Gasteiger partial charge in [0.25, 0.3) is 0 Å². The van der Waals surface area contributed by atoms with Gasteiger partial charge in [-0.2, -0.15) is 0 Å². The minimum Gasteiger partial charge on any atom is -0.376 e. The smallest absolute Gasteiger partial charge is 0.163 e. The Morgan fingerprint density at radius 3 is 2.27 bits per heavy atom. The van der Waals surface area contributed by atoms with Gasteiger partial charge >= 0.3 is 0 Å². The molecular formula is C8H18N2S. The number of hydrogen-bond donors (Lipinski definition) is 2. The van der Waals surface area contributed by atoms with Gasteiger partial charge < -0.3 is 11.1 Å². The minimum absolute atomic E-state index is 0.404. The molecule has 0 amide bonds. The van der Waals surface area contributed by atoms with E-state index >= 15 is 0 Å². The Balaban J connectivity index is 3.37. The Kier molecular flexibility index (Phi) is 5.20. The van der Waals surface area contributed by atoms with E-state index in [1.54, 1.807) is 0 Å². The lowest BCUT2D eigenvalue weighted by atomic mass is 10.0. The van der Waals surface area contributed by atoms with E-state index in [9.17, 15) is 0 Å². The Hall–Kier alpha value is -0.310. The Morgan fingerprint density at radius 1 is 1.36 bits per heavy atom. The topological polar surface area (TPSA) is 38.0 Å². The van der Waals surface area contributed by atoms with E-state index in [4.69, 9.17) is 18.0 Å². The van der Waals surface area contributed by atoms with E-state index in [1.807, 2.05) is 0 Å². The van der Waals surface area contributed by atoms with Crippen molar-refractivity contribution in [2.45, 2.75) is 39.7 Å². The maximum Gasteiger partial charge on any atom is 0.163 e. The summed E-state index contributed by atoms with van der Waals surface area (Å²) in [6.07, 6.45) is 2.35. The molecule has 0 bridgehead atoms. The van der Waals surface area contributed by atoms with Crippen molar-refractivity contribution in [2.75, 3.05) is 0 Å². The third kappa shape index (κ3) is 7.59. The maximum atomic E-state index is 5.32. The van der Waals surface area contributed by atoms with Gasteiger partial charge in [0.2, 0.25) is 0 Å². The molecule has 0 fully saturated rings. The summed E-state index contributed by atoms with van der Waals surface area (Å²) >= 11 is 4.72. The summed E-state index contributed by atoms with van der Waals surface area (Å²) in [5.41, 5.74) is 5.32. The highest BCUT2D eigenvalue weighted by molar-refractivity contribution is 7.80. The van der Waals surface area contributed by atoms with Crippen LogP contribution in [0.2, 0.25) is 0 Å². The molecule has 0 saturated carbocycles. The summed E-state index contributed by atoms with van der Waals surface area (Å²) in [4.78, 5) is 0. The van der Waals surface area contributed by atoms with Gasteiger partial charge in [-0.3, -0.25) is 0 Å². The summed E-state index contributed by atoms with van der Waals surface area (Å²) < 4.78 is 0. The van der Waals surface area contributed by atoms with Crippen LogP contribution in [0.25, 0.3) is 0 Å². The first-order valence-corrected chi connectivity index (χ1v) is 4.49. The van der Waals surface area contributed by atoms with Crippen LogP contribution in [0, 0.1) is 5.92 Å². The van der Waals surface area contributed by atoms with E-state index in [1.165, 1.54) is 6.42 Å². The normalized spacial score (nSPS) is 13.1. The van der Waals surface area contributed by atoms with Crippen LogP contribution in [0.1, 0.15) is 33.6 Å². The first-order valence-electron chi connectivity index (χ1n) is 4.08. The van der Waals surface area contributed by atoms with Crippen molar-refractivity contribution in [1.29, 1.82) is 0 Å². The zero-order valence-corrected chi connectivity index (χ0v) is 8.37. The molecule has 0 aromatic rings. The summed E-state index contributed by atoms with van der Waals surface area (Å²) in [5, 5.41) is 3.41. The van der Waals surface area contributed by atoms with Crippen LogP contribution in [0.5, 0.6) is 0 Å². The van der Waals surface area contributed by atoms with Crippen LogP contribution in [-0.4, -0.2) is 11.2 Å². The van der Waals surface area contributed by atoms with Gasteiger partial charge in [0.05, 0.1) is 0 Å². The second-order valence-corrected chi connectivity index (χ2v) is 3.82. The fraction of sp³-hybridized carbons (Fsp3) is 0.875. The summed E-state index contributed by atoms with van der Waals surface area (Å²) in [6.45, 7) is 6.53. The fourth-order valence-corrected chi connectivity index (χ4v) is 1.10. The molecule has 0 aromatic heterocycles. The van der Waals surface area contributed by atoms with Crippen molar-refractivity contribution >= 4 is 17.3 Å². The molecule has 0 aliphatic rings. The second kappa shape index (κ2) is 5.35. The molecule has 0 saturated heterocycles. The van der Waals surface area contributed by atoms with Crippen molar-refractivity contribution in [2.24, 2.45) is 11.7 Å². The van der Waals surface area contributed by atoms with Gasteiger partial charge in [-0.15, -0.1) is 0 Å². The first kappa shape index (κ1) is 10.7. The molecule has 0 aromatic carbocycles. The summed E-state index contributed by atoms with van der Waals surface area (Å²) in [7, 11) is 0. The molecule has 0 radical (unpaired) electrons. The van der Waals surface area contributed by atoms with Crippen LogP contribution in [-0.2, 0) is 0 Å². The quantitative estimate of drug-likeness (QED) is 0.636. The van der Waals surface area contributed by atoms with E-state index in [0.717, 1.165) is 12.3 Å². The van der Waals surface area contributed by atoms with Gasteiger partial charge in [0.15, 0.2) is 5.11 Å². The average molecular weight is 174 g/mol. The molecule has 2 nitrogen and oxygen atoms in total. The van der Waals surface area contributed by atoms with E-state index in [-0.39, 0.29) is 0 Å². The third-order valence-corrected chi connectivity index (χ3v) is 1.68. The zero-order chi connectivity index (χ0) is 8.85. The summed E-state index contributed by atoms with van der Waals surface area (Å²) in [5.74, 6) is 0.755. The predicted molar refractivity (Wildman–Crippen MR) is 53.5 cm³/mol. The highest BCUT2D eigenvalue weighted by Gasteiger charge is 2.02. The molecule has 0 spiro atoms. The van der Waals surface area contributed by atoms with Gasteiger partial charge in [-0.25, -0.2) is 0 Å². The lowest BCUT2D eigenvalue weighted by Crippen LogP contribution is -2.36. The Morgan fingerprint density at radius 2 is 1.91 bits per heavy atom. The van der Waals surface area contributed by atoms with E-state index in [0.29, 0.717) is 11.2 Å². The van der Waals surface area contributed by atoms with E-state index < -0.39 is 0 Å². The number of nitrogens with two attached hydrogens (primary N) is 1. The largest absolute Gasteiger partial charge is 0.376 e. The molecule has 0 aliphatic heterocycles. The lowest BCUT2D eigenvalue weighted by molar-refractivity contribution is 0.493. The van der Waals surface area contributed by atoms with Gasteiger partial charge in [-0.1, -0.05) is 13.8 Å². The molecule has 3 heteroatoms. The predicted octanol–water partition coefficient (Wildman–Crippen LogP) is 1.64.